The molecule has 0 saturated heterocycles. The molecule has 9 nitrogen and oxygen atoms in total. The monoisotopic (exact) mass is 416 g/mol. The highest BCUT2D eigenvalue weighted by Crippen LogP contribution is 2.14. The highest BCUT2D eigenvalue weighted by atomic mass is 32.2. The van der Waals surface area contributed by atoms with Crippen LogP contribution in [0.4, 0.5) is 0 Å². The predicted octanol–water partition coefficient (Wildman–Crippen LogP) is 1.80. The van der Waals surface area contributed by atoms with Gasteiger partial charge in [0.1, 0.15) is 5.75 Å². The summed E-state index contributed by atoms with van der Waals surface area (Å²) in [6.45, 7) is 2.05. The van der Waals surface area contributed by atoms with E-state index in [1.807, 2.05) is 0 Å². The van der Waals surface area contributed by atoms with Crippen molar-refractivity contribution < 1.29 is 22.5 Å². The fourth-order valence-electron chi connectivity index (χ4n) is 2.48. The number of aryl methyl sites for hydroxylation is 1. The lowest BCUT2D eigenvalue weighted by molar-refractivity contribution is 0.0951. The van der Waals surface area contributed by atoms with E-state index in [9.17, 15) is 13.2 Å². The van der Waals surface area contributed by atoms with Crippen LogP contribution in [0, 0.1) is 6.92 Å². The van der Waals surface area contributed by atoms with E-state index >= 15 is 0 Å². The zero-order chi connectivity index (χ0) is 20.9. The van der Waals surface area contributed by atoms with Crippen molar-refractivity contribution in [1.82, 2.24) is 20.2 Å². The Kier molecular flexibility index (Phi) is 6.25. The maximum Gasteiger partial charge on any atom is 0.251 e. The number of rotatable bonds is 8. The summed E-state index contributed by atoms with van der Waals surface area (Å²) in [6.07, 6.45) is 0. The molecule has 152 valence electrons. The van der Waals surface area contributed by atoms with Crippen LogP contribution in [0.5, 0.6) is 5.75 Å². The van der Waals surface area contributed by atoms with Crippen LogP contribution in [0.15, 0.2) is 57.9 Å². The molecule has 0 aliphatic carbocycles. The Hall–Kier alpha value is -3.24. The molecular weight excluding hydrogens is 396 g/mol. The van der Waals surface area contributed by atoms with Gasteiger partial charge in [0.2, 0.25) is 21.7 Å². The number of carbonyl (C=O) groups excluding carboxylic acids is 1. The molecule has 0 saturated carbocycles. The van der Waals surface area contributed by atoms with Gasteiger partial charge < -0.3 is 14.6 Å². The molecular formula is C19H20N4O5S. The average Bonchev–Trinajstić information content (AvgIpc) is 3.16. The topological polar surface area (TPSA) is 123 Å². The predicted molar refractivity (Wildman–Crippen MR) is 104 cm³/mol. The third-order valence-electron chi connectivity index (χ3n) is 3.98. The molecule has 1 heterocycles. The van der Waals surface area contributed by atoms with Crippen LogP contribution in [-0.2, 0) is 23.2 Å². The third-order valence-corrected chi connectivity index (χ3v) is 5.40. The Bertz CT molecular complexity index is 1090. The molecule has 0 aliphatic heterocycles. The maximum atomic E-state index is 12.3. The molecule has 0 fully saturated rings. The molecule has 2 aromatic carbocycles. The Morgan fingerprint density at radius 1 is 1.17 bits per heavy atom. The first-order valence-electron chi connectivity index (χ1n) is 8.70. The number of carbonyl (C=O) groups is 1. The van der Waals surface area contributed by atoms with E-state index in [4.69, 9.17) is 9.26 Å². The molecule has 10 heteroatoms. The number of nitrogens with zero attached hydrogens (tertiary/aromatic N) is 2. The Morgan fingerprint density at radius 2 is 1.93 bits per heavy atom. The first-order valence-corrected chi connectivity index (χ1v) is 10.2. The lowest BCUT2D eigenvalue weighted by atomic mass is 10.2. The highest BCUT2D eigenvalue weighted by molar-refractivity contribution is 7.89. The van der Waals surface area contributed by atoms with Gasteiger partial charge in [-0.2, -0.15) is 4.98 Å². The second kappa shape index (κ2) is 8.84. The largest absolute Gasteiger partial charge is 0.485 e. The number of sulfonamides is 1. The number of aromatic nitrogens is 2. The molecule has 0 radical (unpaired) electrons. The van der Waals surface area contributed by atoms with Gasteiger partial charge in [-0.3, -0.25) is 4.79 Å². The van der Waals surface area contributed by atoms with Crippen molar-refractivity contribution in [2.75, 3.05) is 7.05 Å². The zero-order valence-corrected chi connectivity index (χ0v) is 16.7. The van der Waals surface area contributed by atoms with Crippen molar-refractivity contribution in [3.63, 3.8) is 0 Å². The van der Waals surface area contributed by atoms with Gasteiger partial charge in [0.25, 0.3) is 5.91 Å². The molecule has 0 atom stereocenters. The van der Waals surface area contributed by atoms with Crippen LogP contribution in [-0.4, -0.2) is 31.5 Å². The molecule has 1 amide bonds. The first kappa shape index (κ1) is 20.5. The van der Waals surface area contributed by atoms with Crippen molar-refractivity contribution in [3.05, 3.63) is 71.4 Å². The number of benzene rings is 2. The van der Waals surface area contributed by atoms with Crippen LogP contribution in [0.3, 0.4) is 0 Å². The maximum absolute atomic E-state index is 12.3. The van der Waals surface area contributed by atoms with Gasteiger partial charge in [0.15, 0.2) is 6.61 Å². The van der Waals surface area contributed by atoms with Crippen LogP contribution >= 0.6 is 0 Å². The van der Waals surface area contributed by atoms with E-state index in [-0.39, 0.29) is 24.0 Å². The van der Waals surface area contributed by atoms with E-state index in [0.29, 0.717) is 28.6 Å². The molecule has 3 rings (SSSR count). The third kappa shape index (κ3) is 5.39. The van der Waals surface area contributed by atoms with E-state index in [1.54, 1.807) is 43.3 Å². The molecule has 0 aliphatic rings. The number of nitrogens with one attached hydrogen (secondary N) is 2. The van der Waals surface area contributed by atoms with Crippen molar-refractivity contribution >= 4 is 15.9 Å². The Balaban J connectivity index is 1.56. The van der Waals surface area contributed by atoms with Gasteiger partial charge in [0, 0.05) is 19.0 Å². The summed E-state index contributed by atoms with van der Waals surface area (Å²) in [5, 5.41) is 6.50. The quantitative estimate of drug-likeness (QED) is 0.574. The van der Waals surface area contributed by atoms with Crippen molar-refractivity contribution in [1.29, 1.82) is 0 Å². The van der Waals surface area contributed by atoms with Gasteiger partial charge in [-0.05, 0) is 49.0 Å². The normalized spacial score (nSPS) is 11.2. The minimum Gasteiger partial charge on any atom is -0.485 e. The summed E-state index contributed by atoms with van der Waals surface area (Å²) in [5.74, 6) is 1.18. The summed E-state index contributed by atoms with van der Waals surface area (Å²) in [5.41, 5.74) is 1.12. The Morgan fingerprint density at radius 3 is 2.59 bits per heavy atom. The van der Waals surface area contributed by atoms with Crippen LogP contribution in [0.2, 0.25) is 0 Å². The van der Waals surface area contributed by atoms with Gasteiger partial charge in [0.05, 0.1) is 4.90 Å². The molecule has 0 bridgehead atoms. The minimum atomic E-state index is -3.53. The second-order valence-corrected chi connectivity index (χ2v) is 7.97. The smallest absolute Gasteiger partial charge is 0.251 e. The van der Waals surface area contributed by atoms with E-state index in [0.717, 1.165) is 0 Å². The van der Waals surface area contributed by atoms with E-state index in [2.05, 4.69) is 20.2 Å². The lowest BCUT2D eigenvalue weighted by Crippen LogP contribution is -2.23. The number of amides is 1. The molecule has 0 unspecified atom stereocenters. The number of ether oxygens (including phenoxy) is 1. The van der Waals surface area contributed by atoms with Crippen molar-refractivity contribution in [2.24, 2.45) is 0 Å². The van der Waals surface area contributed by atoms with Gasteiger partial charge >= 0.3 is 0 Å². The molecule has 1 aromatic heterocycles. The summed E-state index contributed by atoms with van der Waals surface area (Å²) in [4.78, 5) is 16.5. The summed E-state index contributed by atoms with van der Waals surface area (Å²) >= 11 is 0. The van der Waals surface area contributed by atoms with Crippen molar-refractivity contribution in [3.8, 4) is 5.75 Å². The summed E-state index contributed by atoms with van der Waals surface area (Å²) in [6, 6.07) is 13.0. The van der Waals surface area contributed by atoms with Crippen LogP contribution < -0.4 is 14.8 Å². The molecule has 29 heavy (non-hydrogen) atoms. The molecule has 2 N–H and O–H groups in total. The van der Waals surface area contributed by atoms with E-state index < -0.39 is 10.0 Å². The van der Waals surface area contributed by atoms with Crippen LogP contribution in [0.1, 0.15) is 27.6 Å². The molecule has 0 spiro atoms. The Labute approximate surface area is 168 Å². The second-order valence-electron chi connectivity index (χ2n) is 6.08. The summed E-state index contributed by atoms with van der Waals surface area (Å²) < 4.78 is 36.4. The molecule has 3 aromatic rings. The fourth-order valence-corrected chi connectivity index (χ4v) is 3.28. The standard InChI is InChI=1S/C19H20N4O5S/c1-13-22-18(23-28-13)12-27-16-8-6-15(7-9-16)19(24)21-11-14-4-3-5-17(10-14)29(25,26)20-2/h3-10,20H,11-12H2,1-2H3,(H,21,24). The minimum absolute atomic E-state index is 0.144. The van der Waals surface area contributed by atoms with Crippen molar-refractivity contribution in [2.45, 2.75) is 25.0 Å². The highest BCUT2D eigenvalue weighted by Gasteiger charge is 2.12. The van der Waals surface area contributed by atoms with Gasteiger partial charge in [-0.15, -0.1) is 0 Å². The van der Waals surface area contributed by atoms with Gasteiger partial charge in [-0.25, -0.2) is 13.1 Å². The van der Waals surface area contributed by atoms with Crippen LogP contribution in [0.25, 0.3) is 0 Å². The lowest BCUT2D eigenvalue weighted by Gasteiger charge is -2.08. The number of hydrogen-bond donors (Lipinski definition) is 2. The summed E-state index contributed by atoms with van der Waals surface area (Å²) in [7, 11) is -2.18. The van der Waals surface area contributed by atoms with Gasteiger partial charge in [-0.1, -0.05) is 17.3 Å². The first-order chi connectivity index (χ1) is 13.9. The van der Waals surface area contributed by atoms with E-state index in [1.165, 1.54) is 19.2 Å². The zero-order valence-electron chi connectivity index (χ0n) is 15.9. The fraction of sp³-hybridized carbons (Fsp3) is 0.211. The number of hydrogen-bond acceptors (Lipinski definition) is 7. The average molecular weight is 416 g/mol. The SMILES string of the molecule is CNS(=O)(=O)c1cccc(CNC(=O)c2ccc(OCc3noc(C)n3)cc2)c1.